The van der Waals surface area contributed by atoms with Gasteiger partial charge in [-0.3, -0.25) is 9.69 Å². The molecule has 0 radical (unpaired) electrons. The van der Waals surface area contributed by atoms with Gasteiger partial charge >= 0.3 is 0 Å². The summed E-state index contributed by atoms with van der Waals surface area (Å²) < 4.78 is 26.4. The summed E-state index contributed by atoms with van der Waals surface area (Å²) in [5.74, 6) is 0.785. The minimum Gasteiger partial charge on any atom is -0.493 e. The van der Waals surface area contributed by atoms with E-state index in [0.29, 0.717) is 34.3 Å². The van der Waals surface area contributed by atoms with Gasteiger partial charge in [-0.15, -0.1) is 0 Å². The van der Waals surface area contributed by atoms with Gasteiger partial charge in [0.05, 0.1) is 35.5 Å². The maximum Gasteiger partial charge on any atom is 0.234 e. The van der Waals surface area contributed by atoms with Crippen LogP contribution in [0, 0.1) is 5.82 Å². The van der Waals surface area contributed by atoms with Gasteiger partial charge in [0, 0.05) is 24.0 Å². The van der Waals surface area contributed by atoms with Gasteiger partial charge in [0.25, 0.3) is 0 Å². The first-order chi connectivity index (χ1) is 16.9. The molecule has 1 saturated heterocycles. The number of likely N-dealkylation sites (tertiary alicyclic amines) is 1. The summed E-state index contributed by atoms with van der Waals surface area (Å²) in [7, 11) is 1.58. The van der Waals surface area contributed by atoms with E-state index >= 15 is 0 Å². The lowest BCUT2D eigenvalue weighted by Gasteiger charge is -2.46. The largest absolute Gasteiger partial charge is 0.493 e. The molecule has 1 aliphatic carbocycles. The molecule has 3 aromatic rings. The molecule has 8 nitrogen and oxygen atoms in total. The van der Waals surface area contributed by atoms with Crippen molar-refractivity contribution in [2.45, 2.75) is 50.3 Å². The van der Waals surface area contributed by atoms with Gasteiger partial charge in [0.1, 0.15) is 12.1 Å². The van der Waals surface area contributed by atoms with Gasteiger partial charge in [-0.1, -0.05) is 17.7 Å². The number of methoxy groups -OCH3 is 1. The van der Waals surface area contributed by atoms with E-state index in [1.807, 2.05) is 6.07 Å². The zero-order valence-corrected chi connectivity index (χ0v) is 20.1. The van der Waals surface area contributed by atoms with Crippen LogP contribution in [-0.2, 0) is 4.79 Å². The Morgan fingerprint density at radius 2 is 1.97 bits per heavy atom. The van der Waals surface area contributed by atoms with Crippen LogP contribution in [0.1, 0.15) is 32.1 Å². The second-order valence-corrected chi connectivity index (χ2v) is 9.37. The molecule has 1 aliphatic heterocycles. The second kappa shape index (κ2) is 9.83. The molecule has 1 atom stereocenters. The third-order valence-electron chi connectivity index (χ3n) is 6.92. The fraction of sp³-hybridized carbons (Fsp3) is 0.400. The Morgan fingerprint density at radius 3 is 2.66 bits per heavy atom. The van der Waals surface area contributed by atoms with Crippen molar-refractivity contribution < 1.29 is 18.7 Å². The molecule has 1 aromatic heterocycles. The first kappa shape index (κ1) is 23.6. The van der Waals surface area contributed by atoms with E-state index in [9.17, 15) is 9.18 Å². The van der Waals surface area contributed by atoms with Gasteiger partial charge in [0.15, 0.2) is 17.3 Å². The number of aromatic nitrogens is 2. The zero-order chi connectivity index (χ0) is 24.5. The molecule has 1 amide bonds. The summed E-state index contributed by atoms with van der Waals surface area (Å²) in [5.41, 5.74) is 6.37. The van der Waals surface area contributed by atoms with E-state index in [-0.39, 0.29) is 28.8 Å². The quantitative estimate of drug-likeness (QED) is 0.496. The van der Waals surface area contributed by atoms with Gasteiger partial charge in [-0.2, -0.15) is 0 Å². The molecule has 0 spiro atoms. The molecule has 184 valence electrons. The maximum atomic E-state index is 14.5. The number of nitrogens with two attached hydrogens (primary N) is 1. The monoisotopic (exact) mass is 499 g/mol. The topological polar surface area (TPSA) is 103 Å². The maximum absolute atomic E-state index is 14.5. The predicted octanol–water partition coefficient (Wildman–Crippen LogP) is 4.42. The molecule has 3 N–H and O–H groups in total. The SMILES string of the molecule is COc1cc2ncnc(Nc3cccc(Cl)c3F)c2cc1O[C@H]1CC[C@@H](N2CC[C@@H]2C(N)=O)CC1. The standard InChI is InChI=1S/C25H27ClFN5O3/c1-34-21-12-19-16(25(30-13-29-19)31-18-4-2-3-17(26)23(18)27)11-22(21)35-15-7-5-14(6-8-15)32-10-9-20(32)24(28)33/h2-4,11-15,20H,5-10H2,1H3,(H2,28,33)(H,29,30,31)/t14-,15+,20-/m1/s1. The lowest BCUT2D eigenvalue weighted by molar-refractivity contribution is -0.130. The van der Waals surface area contributed by atoms with Crippen LogP contribution in [0.15, 0.2) is 36.7 Å². The minimum atomic E-state index is -0.552. The molecule has 0 bridgehead atoms. The summed E-state index contributed by atoms with van der Waals surface area (Å²) in [6, 6.07) is 8.58. The average Bonchev–Trinajstić information content (AvgIpc) is 2.82. The Bertz CT molecular complexity index is 1250. The number of anilines is 2. The number of primary amides is 1. The minimum absolute atomic E-state index is 0.0114. The van der Waals surface area contributed by atoms with Crippen LogP contribution in [0.4, 0.5) is 15.9 Å². The molecule has 35 heavy (non-hydrogen) atoms. The van der Waals surface area contributed by atoms with Crippen LogP contribution in [0.25, 0.3) is 10.9 Å². The third-order valence-corrected chi connectivity index (χ3v) is 7.21. The number of carbonyl (C=O) groups excluding carboxylic acids is 1. The molecular weight excluding hydrogens is 473 g/mol. The Morgan fingerprint density at radius 1 is 1.17 bits per heavy atom. The highest BCUT2D eigenvalue weighted by atomic mass is 35.5. The number of nitrogens with zero attached hydrogens (tertiary/aromatic N) is 3. The lowest BCUT2D eigenvalue weighted by atomic mass is 9.87. The highest BCUT2D eigenvalue weighted by Crippen LogP contribution is 2.38. The fourth-order valence-corrected chi connectivity index (χ4v) is 5.14. The van der Waals surface area contributed by atoms with Crippen LogP contribution in [0.5, 0.6) is 11.5 Å². The number of fused-ring (bicyclic) bond motifs is 1. The van der Waals surface area contributed by atoms with Gasteiger partial charge in [-0.25, -0.2) is 14.4 Å². The molecule has 0 unspecified atom stereocenters. The van der Waals surface area contributed by atoms with Crippen molar-refractivity contribution in [1.29, 1.82) is 0 Å². The third kappa shape index (κ3) is 4.70. The Kier molecular flexibility index (Phi) is 6.62. The van der Waals surface area contributed by atoms with Crippen LogP contribution in [0.2, 0.25) is 5.02 Å². The van der Waals surface area contributed by atoms with Crippen LogP contribution < -0.4 is 20.5 Å². The average molecular weight is 500 g/mol. The van der Waals surface area contributed by atoms with E-state index in [0.717, 1.165) is 38.6 Å². The molecule has 2 heterocycles. The van der Waals surface area contributed by atoms with Crippen molar-refractivity contribution in [3.8, 4) is 11.5 Å². The van der Waals surface area contributed by atoms with Crippen LogP contribution in [0.3, 0.4) is 0 Å². The van der Waals surface area contributed by atoms with Gasteiger partial charge in [0.2, 0.25) is 5.91 Å². The predicted molar refractivity (Wildman–Crippen MR) is 132 cm³/mol. The molecular formula is C25H27ClFN5O3. The number of hydrogen-bond donors (Lipinski definition) is 2. The number of halogens is 2. The van der Waals surface area contributed by atoms with E-state index < -0.39 is 5.82 Å². The van der Waals surface area contributed by atoms with Gasteiger partial charge in [-0.05, 0) is 50.3 Å². The Labute approximate surface area is 207 Å². The smallest absolute Gasteiger partial charge is 0.234 e. The lowest BCUT2D eigenvalue weighted by Crippen LogP contribution is -2.59. The number of carbonyl (C=O) groups is 1. The summed E-state index contributed by atoms with van der Waals surface area (Å²) in [6.07, 6.45) is 5.86. The number of nitrogens with one attached hydrogen (secondary N) is 1. The normalized spacial score (nSPS) is 22.4. The first-order valence-electron chi connectivity index (χ1n) is 11.7. The van der Waals surface area contributed by atoms with Crippen molar-refractivity contribution in [2.24, 2.45) is 5.73 Å². The van der Waals surface area contributed by atoms with Crippen molar-refractivity contribution >= 4 is 39.9 Å². The summed E-state index contributed by atoms with van der Waals surface area (Å²) in [5, 5.41) is 3.71. The summed E-state index contributed by atoms with van der Waals surface area (Å²) in [6.45, 7) is 0.922. The first-order valence-corrected chi connectivity index (χ1v) is 12.1. The number of rotatable bonds is 7. The second-order valence-electron chi connectivity index (χ2n) is 8.96. The highest BCUT2D eigenvalue weighted by molar-refractivity contribution is 6.31. The zero-order valence-electron chi connectivity index (χ0n) is 19.3. The Hall–Kier alpha value is -3.17. The van der Waals surface area contributed by atoms with Crippen molar-refractivity contribution in [1.82, 2.24) is 14.9 Å². The van der Waals surface area contributed by atoms with Crippen molar-refractivity contribution in [3.63, 3.8) is 0 Å². The highest BCUT2D eigenvalue weighted by Gasteiger charge is 2.39. The number of amides is 1. The van der Waals surface area contributed by atoms with Crippen molar-refractivity contribution in [3.05, 3.63) is 47.5 Å². The molecule has 1 saturated carbocycles. The molecule has 2 fully saturated rings. The number of ether oxygens (including phenoxy) is 2. The molecule has 10 heteroatoms. The Balaban J connectivity index is 1.35. The van der Waals surface area contributed by atoms with E-state index in [4.69, 9.17) is 26.8 Å². The summed E-state index contributed by atoms with van der Waals surface area (Å²) in [4.78, 5) is 22.5. The van der Waals surface area contributed by atoms with Crippen molar-refractivity contribution in [2.75, 3.05) is 19.0 Å². The van der Waals surface area contributed by atoms with Crippen LogP contribution in [-0.4, -0.2) is 52.6 Å². The fourth-order valence-electron chi connectivity index (χ4n) is 4.97. The number of hydrogen-bond acceptors (Lipinski definition) is 7. The van der Waals surface area contributed by atoms with Crippen LogP contribution >= 0.6 is 11.6 Å². The molecule has 2 aromatic carbocycles. The van der Waals surface area contributed by atoms with Gasteiger partial charge < -0.3 is 20.5 Å². The van der Waals surface area contributed by atoms with E-state index in [2.05, 4.69) is 20.2 Å². The summed E-state index contributed by atoms with van der Waals surface area (Å²) >= 11 is 5.93. The molecule has 2 aliphatic rings. The van der Waals surface area contributed by atoms with E-state index in [1.165, 1.54) is 12.4 Å². The van der Waals surface area contributed by atoms with E-state index in [1.54, 1.807) is 25.3 Å². The molecule has 5 rings (SSSR count). The number of benzene rings is 2.